The van der Waals surface area contributed by atoms with E-state index in [0.717, 1.165) is 27.2 Å². The summed E-state index contributed by atoms with van der Waals surface area (Å²) >= 11 is 0. The molecule has 0 aromatic heterocycles. The standard InChI is InChI=1S/C24H24F2N2O6/c25-24(26)13-28(11-20(24)22(31)32)21(30)9-14(29)10-27-23(33)34-12-19-17-7-3-1-5-15(17)16-6-2-4-8-18(16)19/h1-8,14,19-20,29H,9-13H2,(H,27,33)(H,31,32). The van der Waals surface area contributed by atoms with Gasteiger partial charge in [0.1, 0.15) is 12.5 Å². The highest BCUT2D eigenvalue weighted by molar-refractivity contribution is 5.80. The van der Waals surface area contributed by atoms with Crippen LogP contribution in [0.3, 0.4) is 0 Å². The number of carbonyl (C=O) groups is 3. The summed E-state index contributed by atoms with van der Waals surface area (Å²) in [6, 6.07) is 15.7. The quantitative estimate of drug-likeness (QED) is 0.568. The Labute approximate surface area is 194 Å². The molecule has 1 saturated heterocycles. The molecule has 0 saturated carbocycles. The maximum Gasteiger partial charge on any atom is 0.407 e. The van der Waals surface area contributed by atoms with Crippen LogP contribution in [0.25, 0.3) is 11.1 Å². The molecule has 1 heterocycles. The summed E-state index contributed by atoms with van der Waals surface area (Å²) in [4.78, 5) is 36.0. The molecule has 0 spiro atoms. The van der Waals surface area contributed by atoms with Crippen LogP contribution in [0.4, 0.5) is 13.6 Å². The molecular weight excluding hydrogens is 450 g/mol. The fraction of sp³-hybridized carbons (Fsp3) is 0.375. The summed E-state index contributed by atoms with van der Waals surface area (Å²) in [6.45, 7) is -1.90. The van der Waals surface area contributed by atoms with Crippen LogP contribution in [0, 0.1) is 5.92 Å². The zero-order valence-electron chi connectivity index (χ0n) is 18.1. The van der Waals surface area contributed by atoms with Crippen molar-refractivity contribution in [3.63, 3.8) is 0 Å². The number of rotatable bonds is 7. The summed E-state index contributed by atoms with van der Waals surface area (Å²) in [5.74, 6) is -8.15. The minimum atomic E-state index is -3.54. The Morgan fingerprint density at radius 2 is 1.68 bits per heavy atom. The van der Waals surface area contributed by atoms with E-state index in [1.165, 1.54) is 0 Å². The predicted molar refractivity (Wildman–Crippen MR) is 116 cm³/mol. The van der Waals surface area contributed by atoms with E-state index in [9.17, 15) is 28.3 Å². The summed E-state index contributed by atoms with van der Waals surface area (Å²) in [5, 5.41) is 21.3. The number of nitrogens with zero attached hydrogens (tertiary/aromatic N) is 1. The number of halogens is 2. The van der Waals surface area contributed by atoms with Gasteiger partial charge in [0.25, 0.3) is 5.92 Å². The number of aliphatic hydroxyl groups excluding tert-OH is 1. The van der Waals surface area contributed by atoms with Crippen molar-refractivity contribution in [2.24, 2.45) is 5.92 Å². The molecule has 0 radical (unpaired) electrons. The number of hydrogen-bond donors (Lipinski definition) is 3. The fourth-order valence-electron chi connectivity index (χ4n) is 4.49. The third kappa shape index (κ3) is 4.72. The molecule has 2 atom stereocenters. The van der Waals surface area contributed by atoms with E-state index < -0.39 is 55.4 Å². The number of alkyl carbamates (subject to hydrolysis) is 1. The molecule has 4 rings (SSSR count). The number of hydrogen-bond acceptors (Lipinski definition) is 5. The number of aliphatic hydroxyl groups is 1. The van der Waals surface area contributed by atoms with E-state index in [4.69, 9.17) is 9.84 Å². The highest BCUT2D eigenvalue weighted by Gasteiger charge is 2.53. The van der Waals surface area contributed by atoms with Crippen molar-refractivity contribution in [3.8, 4) is 11.1 Å². The van der Waals surface area contributed by atoms with Crippen molar-refractivity contribution in [1.29, 1.82) is 0 Å². The third-order valence-corrected chi connectivity index (χ3v) is 6.20. The summed E-state index contributed by atoms with van der Waals surface area (Å²) < 4.78 is 32.8. The van der Waals surface area contributed by atoms with Crippen LogP contribution < -0.4 is 5.32 Å². The number of carbonyl (C=O) groups excluding carboxylic acids is 2. The highest BCUT2D eigenvalue weighted by atomic mass is 19.3. The summed E-state index contributed by atoms with van der Waals surface area (Å²) in [6.07, 6.45) is -2.66. The molecule has 1 aliphatic carbocycles. The molecule has 0 bridgehead atoms. The lowest BCUT2D eigenvalue weighted by Crippen LogP contribution is -2.38. The van der Waals surface area contributed by atoms with Crippen LogP contribution >= 0.6 is 0 Å². The molecule has 10 heteroatoms. The first-order valence-corrected chi connectivity index (χ1v) is 10.8. The van der Waals surface area contributed by atoms with Gasteiger partial charge in [-0.1, -0.05) is 48.5 Å². The van der Waals surface area contributed by atoms with Crippen molar-refractivity contribution in [1.82, 2.24) is 10.2 Å². The number of benzene rings is 2. The van der Waals surface area contributed by atoms with Gasteiger partial charge in [-0.05, 0) is 22.3 Å². The van der Waals surface area contributed by atoms with Crippen molar-refractivity contribution in [2.75, 3.05) is 26.2 Å². The van der Waals surface area contributed by atoms with Gasteiger partial charge in [0.05, 0.1) is 19.1 Å². The number of carboxylic acid groups (broad SMARTS) is 1. The lowest BCUT2D eigenvalue weighted by Gasteiger charge is -2.19. The zero-order valence-corrected chi connectivity index (χ0v) is 18.1. The number of alkyl halides is 2. The Morgan fingerprint density at radius 3 is 2.24 bits per heavy atom. The van der Waals surface area contributed by atoms with Gasteiger partial charge in [-0.2, -0.15) is 0 Å². The SMILES string of the molecule is O=C(NCC(O)CC(=O)N1CC(C(=O)O)C(F)(F)C1)OCC1c2ccccc2-c2ccccc21. The fourth-order valence-corrected chi connectivity index (χ4v) is 4.49. The van der Waals surface area contributed by atoms with Gasteiger partial charge in [0, 0.05) is 19.0 Å². The first kappa shape index (κ1) is 23.6. The van der Waals surface area contributed by atoms with Gasteiger partial charge in [-0.15, -0.1) is 0 Å². The minimum Gasteiger partial charge on any atom is -0.481 e. The number of amides is 2. The van der Waals surface area contributed by atoms with E-state index in [1.54, 1.807) is 0 Å². The molecule has 2 aromatic rings. The Hall–Kier alpha value is -3.53. The molecule has 1 aliphatic heterocycles. The molecule has 180 valence electrons. The van der Waals surface area contributed by atoms with Crippen molar-refractivity contribution >= 4 is 18.0 Å². The molecule has 2 aromatic carbocycles. The third-order valence-electron chi connectivity index (χ3n) is 6.20. The molecule has 2 amide bonds. The normalized spacial score (nSPS) is 19.3. The summed E-state index contributed by atoms with van der Waals surface area (Å²) in [5.41, 5.74) is 4.26. The zero-order chi connectivity index (χ0) is 24.5. The maximum absolute atomic E-state index is 13.7. The number of nitrogens with one attached hydrogen (secondary N) is 1. The molecule has 8 nitrogen and oxygen atoms in total. The van der Waals surface area contributed by atoms with Crippen molar-refractivity contribution < 1.29 is 38.1 Å². The number of fused-ring (bicyclic) bond motifs is 3. The van der Waals surface area contributed by atoms with Crippen molar-refractivity contribution in [3.05, 3.63) is 59.7 Å². The van der Waals surface area contributed by atoms with Crippen LogP contribution in [0.1, 0.15) is 23.5 Å². The second kappa shape index (κ2) is 9.38. The van der Waals surface area contributed by atoms with E-state index in [-0.39, 0.29) is 19.1 Å². The van der Waals surface area contributed by atoms with Crippen LogP contribution in [0.5, 0.6) is 0 Å². The predicted octanol–water partition coefficient (Wildman–Crippen LogP) is 2.45. The molecule has 34 heavy (non-hydrogen) atoms. The number of likely N-dealkylation sites (tertiary alicyclic amines) is 1. The average Bonchev–Trinajstić information content (AvgIpc) is 3.30. The Bertz CT molecular complexity index is 1060. The average molecular weight is 474 g/mol. The largest absolute Gasteiger partial charge is 0.481 e. The number of ether oxygens (including phenoxy) is 1. The van der Waals surface area contributed by atoms with Gasteiger partial charge in [0.2, 0.25) is 5.91 Å². The molecule has 3 N–H and O–H groups in total. The first-order valence-electron chi connectivity index (χ1n) is 10.8. The van der Waals surface area contributed by atoms with Crippen LogP contribution in [-0.2, 0) is 14.3 Å². The number of aliphatic carboxylic acids is 1. The molecule has 2 aliphatic rings. The molecule has 2 unspecified atom stereocenters. The monoisotopic (exact) mass is 474 g/mol. The van der Waals surface area contributed by atoms with Crippen LogP contribution in [-0.4, -0.2) is 71.4 Å². The Balaban J connectivity index is 1.26. The second-order valence-corrected chi connectivity index (χ2v) is 8.49. The van der Waals surface area contributed by atoms with Gasteiger partial charge < -0.3 is 25.2 Å². The van der Waals surface area contributed by atoms with E-state index in [2.05, 4.69) is 5.32 Å². The van der Waals surface area contributed by atoms with Gasteiger partial charge >= 0.3 is 12.1 Å². The van der Waals surface area contributed by atoms with Gasteiger partial charge in [-0.3, -0.25) is 9.59 Å². The summed E-state index contributed by atoms with van der Waals surface area (Å²) in [7, 11) is 0. The van der Waals surface area contributed by atoms with Crippen LogP contribution in [0.2, 0.25) is 0 Å². The number of carboxylic acids is 1. The van der Waals surface area contributed by atoms with Crippen molar-refractivity contribution in [2.45, 2.75) is 24.4 Å². The highest BCUT2D eigenvalue weighted by Crippen LogP contribution is 2.44. The maximum atomic E-state index is 13.7. The van der Waals surface area contributed by atoms with Gasteiger partial charge in [-0.25, -0.2) is 13.6 Å². The Kier molecular flexibility index (Phi) is 6.52. The lowest BCUT2D eigenvalue weighted by atomic mass is 9.98. The molecule has 1 fully saturated rings. The minimum absolute atomic E-state index is 0.0777. The lowest BCUT2D eigenvalue weighted by molar-refractivity contribution is -0.151. The Morgan fingerprint density at radius 1 is 1.09 bits per heavy atom. The second-order valence-electron chi connectivity index (χ2n) is 8.49. The first-order chi connectivity index (χ1) is 16.2. The van der Waals surface area contributed by atoms with E-state index >= 15 is 0 Å². The van der Waals surface area contributed by atoms with E-state index in [1.807, 2.05) is 48.5 Å². The smallest absolute Gasteiger partial charge is 0.407 e. The van der Waals surface area contributed by atoms with Crippen LogP contribution in [0.15, 0.2) is 48.5 Å². The topological polar surface area (TPSA) is 116 Å². The van der Waals surface area contributed by atoms with Gasteiger partial charge in [0.15, 0.2) is 0 Å². The van der Waals surface area contributed by atoms with E-state index in [0.29, 0.717) is 0 Å². The molecular formula is C24H24F2N2O6.